The van der Waals surface area contributed by atoms with Crippen LogP contribution in [0.25, 0.3) is 0 Å². The molecule has 0 aliphatic heterocycles. The number of carbonyl (C=O) groups is 3. The molecule has 0 radical (unpaired) electrons. The van der Waals surface area contributed by atoms with E-state index < -0.39 is 35.6 Å². The summed E-state index contributed by atoms with van der Waals surface area (Å²) in [5.41, 5.74) is -0.376. The number of hydrogen-bond donors (Lipinski definition) is 3. The number of nitrogens with one attached hydrogen (secondary N) is 2. The molecule has 31 heavy (non-hydrogen) atoms. The number of phenols is 1. The highest BCUT2D eigenvalue weighted by Gasteiger charge is 2.35. The van der Waals surface area contributed by atoms with E-state index in [4.69, 9.17) is 4.74 Å². The molecule has 0 fully saturated rings. The van der Waals surface area contributed by atoms with Crippen LogP contribution in [0.2, 0.25) is 0 Å². The lowest BCUT2D eigenvalue weighted by Gasteiger charge is -2.34. The van der Waals surface area contributed by atoms with Crippen LogP contribution in [0.1, 0.15) is 72.9 Å². The van der Waals surface area contributed by atoms with Crippen molar-refractivity contribution in [2.24, 2.45) is 0 Å². The van der Waals surface area contributed by atoms with Gasteiger partial charge in [0.2, 0.25) is 11.8 Å². The molecule has 8 nitrogen and oxygen atoms in total. The van der Waals surface area contributed by atoms with Crippen LogP contribution in [0.15, 0.2) is 24.3 Å². The Morgan fingerprint density at radius 2 is 1.71 bits per heavy atom. The predicted octanol–water partition coefficient (Wildman–Crippen LogP) is 3.50. The van der Waals surface area contributed by atoms with Gasteiger partial charge in [0, 0.05) is 18.2 Å². The first-order valence-electron chi connectivity index (χ1n) is 10.8. The van der Waals surface area contributed by atoms with Crippen LogP contribution in [0.5, 0.6) is 5.75 Å². The maximum Gasteiger partial charge on any atom is 0.408 e. The lowest BCUT2D eigenvalue weighted by atomic mass is 10.0. The minimum Gasteiger partial charge on any atom is -0.508 e. The summed E-state index contributed by atoms with van der Waals surface area (Å²) >= 11 is 0. The molecule has 0 saturated carbocycles. The Labute approximate surface area is 185 Å². The van der Waals surface area contributed by atoms with Crippen LogP contribution >= 0.6 is 0 Å². The summed E-state index contributed by atoms with van der Waals surface area (Å²) < 4.78 is 5.24. The summed E-state index contributed by atoms with van der Waals surface area (Å²) in [5.74, 6) is -0.912. The smallest absolute Gasteiger partial charge is 0.408 e. The van der Waals surface area contributed by atoms with E-state index in [2.05, 4.69) is 10.6 Å². The fourth-order valence-electron chi connectivity index (χ4n) is 3.02. The number of phenolic OH excluding ortho intramolecular Hbond substituents is 1. The molecule has 0 aliphatic rings. The second kappa shape index (κ2) is 11.6. The quantitative estimate of drug-likeness (QED) is 0.550. The molecule has 1 rings (SSSR count). The first-order valence-corrected chi connectivity index (χ1v) is 10.8. The Kier molecular flexibility index (Phi) is 9.81. The maximum atomic E-state index is 13.4. The minimum absolute atomic E-state index is 0.0755. The Balaban J connectivity index is 3.28. The third kappa shape index (κ3) is 8.47. The molecule has 0 saturated heterocycles. The number of carbonyl (C=O) groups excluding carboxylic acids is 3. The molecule has 0 aliphatic carbocycles. The summed E-state index contributed by atoms with van der Waals surface area (Å²) in [6, 6.07) is 4.35. The van der Waals surface area contributed by atoms with Gasteiger partial charge in [0.25, 0.3) is 0 Å². The van der Waals surface area contributed by atoms with Gasteiger partial charge < -0.3 is 25.4 Å². The number of unbranched alkanes of at least 4 members (excludes halogenated alkanes) is 1. The number of hydrogen-bond acceptors (Lipinski definition) is 5. The van der Waals surface area contributed by atoms with Crippen LogP contribution in [-0.2, 0) is 14.3 Å². The minimum atomic E-state index is -1.04. The van der Waals surface area contributed by atoms with Crippen molar-refractivity contribution in [2.75, 3.05) is 6.54 Å². The van der Waals surface area contributed by atoms with E-state index in [9.17, 15) is 19.5 Å². The average Bonchev–Trinajstić information content (AvgIpc) is 2.63. The van der Waals surface area contributed by atoms with Crippen molar-refractivity contribution >= 4 is 17.9 Å². The van der Waals surface area contributed by atoms with Crippen LogP contribution in [0, 0.1) is 0 Å². The molecule has 2 atom stereocenters. The molecule has 3 N–H and O–H groups in total. The van der Waals surface area contributed by atoms with E-state index in [1.807, 2.05) is 20.8 Å². The Morgan fingerprint density at radius 1 is 1.10 bits per heavy atom. The van der Waals surface area contributed by atoms with Gasteiger partial charge in [-0.15, -0.1) is 0 Å². The molecular weight excluding hydrogens is 398 g/mol. The number of nitrogens with zero attached hydrogens (tertiary/aromatic N) is 1. The molecule has 2 unspecified atom stereocenters. The standard InChI is InChI=1S/C23H37N3O5/c1-8-9-14-26(21(29)16(4)25-22(30)31-23(5,6)7)19(20(28)24-15(2)3)17-12-10-11-13-18(17)27/h10-13,15-16,19,27H,8-9,14H2,1-7H3,(H,24,28)(H,25,30). The second-order valence-electron chi connectivity index (χ2n) is 8.88. The van der Waals surface area contributed by atoms with Crippen LogP contribution in [0.3, 0.4) is 0 Å². The van der Waals surface area contributed by atoms with Gasteiger partial charge in [0.05, 0.1) is 0 Å². The second-order valence-corrected chi connectivity index (χ2v) is 8.88. The average molecular weight is 436 g/mol. The fraction of sp³-hybridized carbons (Fsp3) is 0.609. The van der Waals surface area contributed by atoms with Crippen molar-refractivity contribution in [3.8, 4) is 5.75 Å². The number of benzene rings is 1. The van der Waals surface area contributed by atoms with Gasteiger partial charge in [-0.25, -0.2) is 4.79 Å². The molecule has 8 heteroatoms. The van der Waals surface area contributed by atoms with Gasteiger partial charge in [-0.3, -0.25) is 9.59 Å². The molecule has 0 spiro atoms. The van der Waals surface area contributed by atoms with Gasteiger partial charge in [0.15, 0.2) is 0 Å². The zero-order chi connectivity index (χ0) is 23.8. The lowest BCUT2D eigenvalue weighted by Crippen LogP contribution is -2.52. The van der Waals surface area contributed by atoms with Gasteiger partial charge in [-0.1, -0.05) is 31.5 Å². The Morgan fingerprint density at radius 3 is 2.23 bits per heavy atom. The van der Waals surface area contributed by atoms with E-state index in [0.29, 0.717) is 18.5 Å². The van der Waals surface area contributed by atoms with Crippen molar-refractivity contribution in [1.29, 1.82) is 0 Å². The number of aromatic hydroxyl groups is 1. The number of rotatable bonds is 9. The number of para-hydroxylation sites is 1. The van der Waals surface area contributed by atoms with Crippen LogP contribution in [0.4, 0.5) is 4.79 Å². The molecule has 1 aromatic carbocycles. The molecule has 3 amide bonds. The monoisotopic (exact) mass is 435 g/mol. The zero-order valence-corrected chi connectivity index (χ0v) is 19.7. The van der Waals surface area contributed by atoms with Crippen molar-refractivity contribution in [1.82, 2.24) is 15.5 Å². The highest BCUT2D eigenvalue weighted by Crippen LogP contribution is 2.30. The first kappa shape index (κ1) is 26.3. The molecular formula is C23H37N3O5. The highest BCUT2D eigenvalue weighted by molar-refractivity contribution is 5.92. The lowest BCUT2D eigenvalue weighted by molar-refractivity contribution is -0.142. The van der Waals surface area contributed by atoms with Gasteiger partial charge >= 0.3 is 6.09 Å². The molecule has 174 valence electrons. The molecule has 0 bridgehead atoms. The van der Waals surface area contributed by atoms with Crippen molar-refractivity contribution in [2.45, 2.75) is 85.0 Å². The Hall–Kier alpha value is -2.77. The van der Waals surface area contributed by atoms with Crippen LogP contribution in [-0.4, -0.2) is 52.1 Å². The molecule has 0 heterocycles. The number of ether oxygens (including phenoxy) is 1. The van der Waals surface area contributed by atoms with E-state index in [1.165, 1.54) is 11.0 Å². The highest BCUT2D eigenvalue weighted by atomic mass is 16.6. The van der Waals surface area contributed by atoms with Gasteiger partial charge in [-0.2, -0.15) is 0 Å². The fourth-order valence-corrected chi connectivity index (χ4v) is 3.02. The maximum absolute atomic E-state index is 13.4. The summed E-state index contributed by atoms with van der Waals surface area (Å²) in [5, 5.41) is 15.8. The summed E-state index contributed by atoms with van der Waals surface area (Å²) in [6.45, 7) is 12.7. The topological polar surface area (TPSA) is 108 Å². The van der Waals surface area contributed by atoms with Crippen molar-refractivity contribution < 1.29 is 24.2 Å². The number of amides is 3. The predicted molar refractivity (Wildman–Crippen MR) is 120 cm³/mol. The third-order valence-corrected chi connectivity index (χ3v) is 4.36. The largest absolute Gasteiger partial charge is 0.508 e. The third-order valence-electron chi connectivity index (χ3n) is 4.36. The van der Waals surface area contributed by atoms with Crippen molar-refractivity contribution in [3.63, 3.8) is 0 Å². The van der Waals surface area contributed by atoms with E-state index in [0.717, 1.165) is 6.42 Å². The zero-order valence-electron chi connectivity index (χ0n) is 19.7. The Bertz CT molecular complexity index is 758. The number of alkyl carbamates (subject to hydrolysis) is 1. The molecule has 1 aromatic rings. The van der Waals surface area contributed by atoms with Crippen LogP contribution < -0.4 is 10.6 Å². The van der Waals surface area contributed by atoms with Crippen molar-refractivity contribution in [3.05, 3.63) is 29.8 Å². The SMILES string of the molecule is CCCCN(C(=O)C(C)NC(=O)OC(C)(C)C)C(C(=O)NC(C)C)c1ccccc1O. The van der Waals surface area contributed by atoms with E-state index in [1.54, 1.807) is 45.9 Å². The van der Waals surface area contributed by atoms with E-state index >= 15 is 0 Å². The summed E-state index contributed by atoms with van der Waals surface area (Å²) in [4.78, 5) is 40.1. The first-order chi connectivity index (χ1) is 14.4. The summed E-state index contributed by atoms with van der Waals surface area (Å²) in [6.07, 6.45) is 0.746. The van der Waals surface area contributed by atoms with E-state index in [-0.39, 0.29) is 11.8 Å². The van der Waals surface area contributed by atoms with Gasteiger partial charge in [-0.05, 0) is 54.0 Å². The molecule has 0 aromatic heterocycles. The normalized spacial score (nSPS) is 13.3. The summed E-state index contributed by atoms with van der Waals surface area (Å²) in [7, 11) is 0. The van der Waals surface area contributed by atoms with Gasteiger partial charge in [0.1, 0.15) is 23.4 Å².